The third kappa shape index (κ3) is 4.91. The normalized spacial score (nSPS) is 27.5. The van der Waals surface area contributed by atoms with Gasteiger partial charge in [0.05, 0.1) is 16.9 Å². The average molecular weight is 668 g/mol. The summed E-state index contributed by atoms with van der Waals surface area (Å²) in [4.78, 5) is 26.4. The van der Waals surface area contributed by atoms with E-state index in [-0.39, 0.29) is 68.7 Å². The highest BCUT2D eigenvalue weighted by atomic mass is 32.2. The van der Waals surface area contributed by atoms with E-state index >= 15 is 4.39 Å². The smallest absolute Gasteiger partial charge is 0.435 e. The van der Waals surface area contributed by atoms with Crippen molar-refractivity contribution >= 4 is 21.7 Å². The fourth-order valence-corrected chi connectivity index (χ4v) is 9.78. The number of carboxylic acids is 1. The summed E-state index contributed by atoms with van der Waals surface area (Å²) in [5.41, 5.74) is -8.99. The molecule has 1 aliphatic heterocycles. The maximum Gasteiger partial charge on any atom is 0.435 e. The second-order valence-corrected chi connectivity index (χ2v) is 14.6. The van der Waals surface area contributed by atoms with Gasteiger partial charge in [0.2, 0.25) is 5.91 Å². The van der Waals surface area contributed by atoms with Crippen molar-refractivity contribution < 1.29 is 58.2 Å². The van der Waals surface area contributed by atoms with E-state index in [4.69, 9.17) is 0 Å². The number of nitrogens with zero attached hydrogens (tertiary/aromatic N) is 1. The number of sulfone groups is 1. The molecule has 0 spiro atoms. The van der Waals surface area contributed by atoms with Crippen LogP contribution in [0.15, 0.2) is 47.4 Å². The monoisotopic (exact) mass is 667 g/mol. The number of hydrogen-bond donors (Lipinski definition) is 1. The Morgan fingerprint density at radius 2 is 1.53 bits per heavy atom. The molecule has 6 nitrogen and oxygen atoms in total. The molecule has 1 saturated heterocycles. The molecule has 1 saturated carbocycles. The van der Waals surface area contributed by atoms with Gasteiger partial charge >= 0.3 is 24.0 Å². The van der Waals surface area contributed by atoms with Gasteiger partial charge in [-0.3, -0.25) is 9.59 Å². The first kappa shape index (κ1) is 33.1. The highest BCUT2D eigenvalue weighted by molar-refractivity contribution is 7.92. The van der Waals surface area contributed by atoms with E-state index in [9.17, 15) is 53.8 Å². The summed E-state index contributed by atoms with van der Waals surface area (Å²) in [7, 11) is -4.69. The van der Waals surface area contributed by atoms with Crippen LogP contribution in [0.3, 0.4) is 0 Å². The van der Waals surface area contributed by atoms with Crippen molar-refractivity contribution in [3.63, 3.8) is 0 Å². The highest BCUT2D eigenvalue weighted by Crippen LogP contribution is 2.57. The maximum atomic E-state index is 15.0. The number of aliphatic carboxylic acids is 1. The lowest BCUT2D eigenvalue weighted by Gasteiger charge is -2.45. The second-order valence-electron chi connectivity index (χ2n) is 12.4. The quantitative estimate of drug-likeness (QED) is 0.363. The summed E-state index contributed by atoms with van der Waals surface area (Å²) in [6.45, 7) is 1.49. The van der Waals surface area contributed by atoms with Crippen LogP contribution in [0.5, 0.6) is 0 Å². The predicted octanol–water partition coefficient (Wildman–Crippen LogP) is 6.61. The molecule has 1 heterocycles. The fraction of sp³-hybridized carbons (Fsp3) is 0.533. The van der Waals surface area contributed by atoms with Crippen LogP contribution in [0.1, 0.15) is 62.1 Å². The molecule has 2 aliphatic carbocycles. The predicted molar refractivity (Wildman–Crippen MR) is 143 cm³/mol. The van der Waals surface area contributed by atoms with Crippen LogP contribution in [-0.2, 0) is 36.3 Å². The summed E-state index contributed by atoms with van der Waals surface area (Å²) < 4.78 is 138. The lowest BCUT2D eigenvalue weighted by atomic mass is 9.70. The zero-order valence-electron chi connectivity index (χ0n) is 23.8. The summed E-state index contributed by atoms with van der Waals surface area (Å²) in [5.74, 6) is -3.02. The summed E-state index contributed by atoms with van der Waals surface area (Å²) in [5, 5.41) is 9.38. The molecular formula is C30H29F8NO5S. The highest BCUT2D eigenvalue weighted by Gasteiger charge is 2.74. The molecule has 0 radical (unpaired) electrons. The zero-order chi connectivity index (χ0) is 33.4. The minimum Gasteiger partial charge on any atom is -0.481 e. The van der Waals surface area contributed by atoms with Gasteiger partial charge in [0, 0.05) is 17.5 Å². The first-order valence-corrected chi connectivity index (χ1v) is 15.7. The van der Waals surface area contributed by atoms with Gasteiger partial charge in [-0.1, -0.05) is 31.2 Å². The molecule has 1 N–H and O–H groups in total. The van der Waals surface area contributed by atoms with Crippen molar-refractivity contribution in [2.45, 2.75) is 85.6 Å². The maximum absolute atomic E-state index is 15.0. The fourth-order valence-electron chi connectivity index (χ4n) is 7.38. The second kappa shape index (κ2) is 10.7. The number of alkyl halides is 7. The molecule has 5 rings (SSSR count). The summed E-state index contributed by atoms with van der Waals surface area (Å²) >= 11 is 0. The third-order valence-corrected chi connectivity index (χ3v) is 12.4. The first-order chi connectivity index (χ1) is 20.7. The number of carbonyl (C=O) groups is 2. The number of halogens is 8. The molecule has 2 fully saturated rings. The van der Waals surface area contributed by atoms with Gasteiger partial charge in [0.1, 0.15) is 10.6 Å². The summed E-state index contributed by atoms with van der Waals surface area (Å²) in [6.07, 6.45) is -12.8. The number of amides is 1. The van der Waals surface area contributed by atoms with Gasteiger partial charge < -0.3 is 10.0 Å². The molecule has 2 aromatic rings. The molecule has 45 heavy (non-hydrogen) atoms. The number of rotatable bonds is 5. The number of likely N-dealkylation sites (tertiary alicyclic amines) is 1. The number of fused-ring (bicyclic) bond motifs is 3. The Morgan fingerprint density at radius 1 is 0.911 bits per heavy atom. The zero-order valence-corrected chi connectivity index (χ0v) is 24.6. The lowest BCUT2D eigenvalue weighted by Crippen LogP contribution is -2.55. The molecule has 15 heteroatoms. The van der Waals surface area contributed by atoms with E-state index in [1.807, 2.05) is 0 Å². The minimum atomic E-state index is -6.38. The molecular weight excluding hydrogens is 638 g/mol. The SMILES string of the molecule is CC1(C(=O)N2CCC3(S(=O)(=O)c4cccc(F)c4)c4ccc(C(F)(C(F)(F)F)C(F)(F)F)cc4CCC23)CCC(C(=O)O)CC1. The van der Waals surface area contributed by atoms with E-state index < -0.39 is 78.1 Å². The number of carboxylic acid groups (broad SMARTS) is 1. The third-order valence-electron chi connectivity index (χ3n) is 9.87. The van der Waals surface area contributed by atoms with Crippen LogP contribution in [0, 0.1) is 17.2 Å². The standard InChI is InChI=1S/C30H29F8NO5S/c1-26(11-9-17(10-12-26)24(40)41)25(42)39-14-13-27(45(43,44)21-4-2-3-20(31)16-21)22-7-6-19(15-18(22)5-8-23(27)39)28(32,29(33,34)35)30(36,37)38/h2-4,6-7,15-17,23H,5,8-14H2,1H3,(H,40,41). The Balaban J connectivity index is 1.65. The van der Waals surface area contributed by atoms with Crippen LogP contribution in [0.25, 0.3) is 0 Å². The van der Waals surface area contributed by atoms with Gasteiger partial charge in [-0.25, -0.2) is 17.2 Å². The Morgan fingerprint density at radius 3 is 2.09 bits per heavy atom. The van der Waals surface area contributed by atoms with Crippen LogP contribution in [0.4, 0.5) is 35.1 Å². The Labute approximate surface area is 253 Å². The van der Waals surface area contributed by atoms with E-state index in [0.29, 0.717) is 6.07 Å². The Hall–Kier alpha value is -3.23. The molecule has 0 bridgehead atoms. The molecule has 2 aromatic carbocycles. The van der Waals surface area contributed by atoms with Gasteiger partial charge in [0.25, 0.3) is 0 Å². The number of benzene rings is 2. The number of carbonyl (C=O) groups excluding carboxylic acids is 1. The van der Waals surface area contributed by atoms with Gasteiger partial charge in [0.15, 0.2) is 9.84 Å². The van der Waals surface area contributed by atoms with Crippen molar-refractivity contribution in [2.24, 2.45) is 11.3 Å². The largest absolute Gasteiger partial charge is 0.481 e. The minimum absolute atomic E-state index is 0.157. The van der Waals surface area contributed by atoms with Crippen LogP contribution < -0.4 is 0 Å². The van der Waals surface area contributed by atoms with E-state index in [1.54, 1.807) is 6.92 Å². The van der Waals surface area contributed by atoms with Gasteiger partial charge in [-0.05, 0) is 74.3 Å². The van der Waals surface area contributed by atoms with Crippen LogP contribution in [0.2, 0.25) is 0 Å². The van der Waals surface area contributed by atoms with Crippen LogP contribution in [-0.4, -0.2) is 55.2 Å². The molecule has 246 valence electrons. The van der Waals surface area contributed by atoms with Crippen molar-refractivity contribution in [3.8, 4) is 0 Å². The van der Waals surface area contributed by atoms with E-state index in [0.717, 1.165) is 30.3 Å². The van der Waals surface area contributed by atoms with E-state index in [1.165, 1.54) is 4.90 Å². The Bertz CT molecular complexity index is 1620. The molecule has 3 aliphatic rings. The molecule has 0 aromatic heterocycles. The molecule has 1 amide bonds. The summed E-state index contributed by atoms with van der Waals surface area (Å²) in [6, 6.07) is 4.21. The van der Waals surface area contributed by atoms with Gasteiger partial charge in [-0.2, -0.15) is 26.3 Å². The van der Waals surface area contributed by atoms with Crippen molar-refractivity contribution in [1.82, 2.24) is 4.90 Å². The molecule has 2 atom stereocenters. The average Bonchev–Trinajstić information content (AvgIpc) is 3.36. The number of hydrogen-bond acceptors (Lipinski definition) is 4. The van der Waals surface area contributed by atoms with Crippen molar-refractivity contribution in [2.75, 3.05) is 6.54 Å². The lowest BCUT2D eigenvalue weighted by molar-refractivity contribution is -0.348. The molecule has 2 unspecified atom stereocenters. The van der Waals surface area contributed by atoms with E-state index in [2.05, 4.69) is 0 Å². The number of aryl methyl sites for hydroxylation is 1. The van der Waals surface area contributed by atoms with Crippen molar-refractivity contribution in [3.05, 3.63) is 65.0 Å². The Kier molecular flexibility index (Phi) is 7.85. The topological polar surface area (TPSA) is 91.8 Å². The van der Waals surface area contributed by atoms with Crippen molar-refractivity contribution in [1.29, 1.82) is 0 Å². The van der Waals surface area contributed by atoms with Gasteiger partial charge in [-0.15, -0.1) is 0 Å². The van der Waals surface area contributed by atoms with Crippen LogP contribution >= 0.6 is 0 Å². The first-order valence-electron chi connectivity index (χ1n) is 14.2.